The second-order valence-electron chi connectivity index (χ2n) is 8.12. The van der Waals surface area contributed by atoms with Crippen molar-refractivity contribution < 1.29 is 14.3 Å². The zero-order valence-electron chi connectivity index (χ0n) is 19.4. The lowest BCUT2D eigenvalue weighted by atomic mass is 10.0. The highest BCUT2D eigenvalue weighted by molar-refractivity contribution is 7.19. The number of ether oxygens (including phenoxy) is 1. The Morgan fingerprint density at radius 1 is 1.08 bits per heavy atom. The first-order chi connectivity index (χ1) is 17.5. The number of carbonyl (C=O) groups excluding carboxylic acids is 2. The summed E-state index contributed by atoms with van der Waals surface area (Å²) in [6, 6.07) is 14.1. The van der Waals surface area contributed by atoms with E-state index >= 15 is 0 Å². The predicted molar refractivity (Wildman–Crippen MR) is 143 cm³/mol. The lowest BCUT2D eigenvalue weighted by Gasteiger charge is -2.26. The average Bonchev–Trinajstić information content (AvgIpc) is 3.28. The molecule has 0 saturated heterocycles. The van der Waals surface area contributed by atoms with Crippen LogP contribution in [0.25, 0.3) is 10.2 Å². The first-order valence-electron chi connectivity index (χ1n) is 11.2. The van der Waals surface area contributed by atoms with Crippen LogP contribution in [0.1, 0.15) is 10.4 Å². The van der Waals surface area contributed by atoms with E-state index in [0.29, 0.717) is 36.0 Å². The number of methoxy groups -OCH3 is 1. The molecule has 3 heterocycles. The molecule has 0 spiro atoms. The van der Waals surface area contributed by atoms with Crippen LogP contribution in [-0.4, -0.2) is 46.3 Å². The maximum atomic E-state index is 12.4. The fourth-order valence-electron chi connectivity index (χ4n) is 4.09. The molecule has 9 nitrogen and oxygen atoms in total. The number of benzene rings is 2. The van der Waals surface area contributed by atoms with Crippen molar-refractivity contribution in [1.29, 1.82) is 0 Å². The van der Waals surface area contributed by atoms with Gasteiger partial charge in [-0.1, -0.05) is 6.07 Å². The van der Waals surface area contributed by atoms with Gasteiger partial charge in [-0.2, -0.15) is 0 Å². The van der Waals surface area contributed by atoms with E-state index in [4.69, 9.17) is 16.3 Å². The standard InChI is InChI=1S/C25H23ClN6O3S/c1-35-18-4-2-3-17(11-18)31-25(34)30-16-7-5-15(6-8-16)29-23-22-19-9-10-32(21(33)12-26)13-20(19)36-24(22)28-14-27-23/h2-8,11,14H,9-10,12-13H2,1H3,(H,27,28,29)(H2,30,31,34). The summed E-state index contributed by atoms with van der Waals surface area (Å²) >= 11 is 7.32. The first kappa shape index (κ1) is 23.8. The van der Waals surface area contributed by atoms with Crippen molar-refractivity contribution in [2.75, 3.05) is 35.5 Å². The molecule has 0 radical (unpaired) electrons. The Labute approximate surface area is 216 Å². The molecule has 11 heteroatoms. The largest absolute Gasteiger partial charge is 0.497 e. The van der Waals surface area contributed by atoms with E-state index in [0.717, 1.165) is 27.2 Å². The molecule has 4 aromatic rings. The van der Waals surface area contributed by atoms with Gasteiger partial charge in [0.1, 0.15) is 28.6 Å². The topological polar surface area (TPSA) is 108 Å². The maximum absolute atomic E-state index is 12.4. The number of hydrogen-bond donors (Lipinski definition) is 3. The second-order valence-corrected chi connectivity index (χ2v) is 9.47. The third-order valence-corrected chi connectivity index (χ3v) is 7.19. The molecule has 1 aliphatic rings. The molecule has 0 aliphatic carbocycles. The number of urea groups is 1. The highest BCUT2D eigenvalue weighted by Crippen LogP contribution is 2.38. The monoisotopic (exact) mass is 522 g/mol. The molecule has 2 aromatic heterocycles. The van der Waals surface area contributed by atoms with Crippen molar-refractivity contribution in [2.45, 2.75) is 13.0 Å². The van der Waals surface area contributed by atoms with E-state index in [2.05, 4.69) is 25.9 Å². The molecule has 0 bridgehead atoms. The summed E-state index contributed by atoms with van der Waals surface area (Å²) in [6.07, 6.45) is 2.26. The van der Waals surface area contributed by atoms with Gasteiger partial charge < -0.3 is 25.6 Å². The van der Waals surface area contributed by atoms with Gasteiger partial charge >= 0.3 is 6.03 Å². The van der Waals surface area contributed by atoms with Crippen molar-refractivity contribution in [2.24, 2.45) is 0 Å². The molecule has 36 heavy (non-hydrogen) atoms. The number of fused-ring (bicyclic) bond motifs is 3. The number of thiophene rings is 1. The maximum Gasteiger partial charge on any atom is 0.323 e. The minimum Gasteiger partial charge on any atom is -0.497 e. The number of halogens is 1. The van der Waals surface area contributed by atoms with E-state index in [9.17, 15) is 9.59 Å². The Kier molecular flexibility index (Phi) is 6.88. The number of aromatic nitrogens is 2. The van der Waals surface area contributed by atoms with Gasteiger partial charge in [0, 0.05) is 34.6 Å². The molecular weight excluding hydrogens is 500 g/mol. The summed E-state index contributed by atoms with van der Waals surface area (Å²) in [4.78, 5) is 37.1. The van der Waals surface area contributed by atoms with Crippen LogP contribution in [0, 0.1) is 0 Å². The quantitative estimate of drug-likeness (QED) is 0.300. The van der Waals surface area contributed by atoms with Crippen molar-refractivity contribution in [3.05, 3.63) is 65.3 Å². The Balaban J connectivity index is 1.28. The highest BCUT2D eigenvalue weighted by atomic mass is 35.5. The zero-order chi connectivity index (χ0) is 25.1. The molecule has 0 unspecified atom stereocenters. The molecule has 184 valence electrons. The number of nitrogens with zero attached hydrogens (tertiary/aromatic N) is 3. The van der Waals surface area contributed by atoms with Crippen LogP contribution in [0.5, 0.6) is 5.75 Å². The minimum absolute atomic E-state index is 0.0135. The predicted octanol–water partition coefficient (Wildman–Crippen LogP) is 5.21. The van der Waals surface area contributed by atoms with Crippen molar-refractivity contribution in [1.82, 2.24) is 14.9 Å². The van der Waals surface area contributed by atoms with E-state index in [-0.39, 0.29) is 17.8 Å². The van der Waals surface area contributed by atoms with Gasteiger partial charge in [0.2, 0.25) is 5.91 Å². The first-order valence-corrected chi connectivity index (χ1v) is 12.6. The summed E-state index contributed by atoms with van der Waals surface area (Å²) < 4.78 is 5.18. The van der Waals surface area contributed by atoms with Crippen molar-refractivity contribution in [3.8, 4) is 5.75 Å². The van der Waals surface area contributed by atoms with Crippen LogP contribution in [0.3, 0.4) is 0 Å². The zero-order valence-corrected chi connectivity index (χ0v) is 20.9. The number of alkyl halides is 1. The fraction of sp³-hybridized carbons (Fsp3) is 0.200. The van der Waals surface area contributed by atoms with Crippen molar-refractivity contribution in [3.63, 3.8) is 0 Å². The molecule has 0 saturated carbocycles. The third-order valence-electron chi connectivity index (χ3n) is 5.84. The number of hydrogen-bond acceptors (Lipinski definition) is 7. The summed E-state index contributed by atoms with van der Waals surface area (Å²) in [6.45, 7) is 1.16. The van der Waals surface area contributed by atoms with Gasteiger partial charge in [-0.05, 0) is 48.4 Å². The number of anilines is 4. The summed E-state index contributed by atoms with van der Waals surface area (Å²) in [5, 5.41) is 9.96. The van der Waals surface area contributed by atoms with E-state index in [1.807, 2.05) is 30.3 Å². The lowest BCUT2D eigenvalue weighted by Crippen LogP contribution is -2.36. The third kappa shape index (κ3) is 5.05. The number of rotatable bonds is 6. The molecule has 1 aliphatic heterocycles. The van der Waals surface area contributed by atoms with Crippen LogP contribution in [0.15, 0.2) is 54.9 Å². The molecule has 3 amide bonds. The van der Waals surface area contributed by atoms with Crippen LogP contribution < -0.4 is 20.7 Å². The number of nitrogens with one attached hydrogen (secondary N) is 3. The Bertz CT molecular complexity index is 1430. The van der Waals surface area contributed by atoms with Gasteiger partial charge in [-0.3, -0.25) is 4.79 Å². The van der Waals surface area contributed by atoms with Gasteiger partial charge in [-0.25, -0.2) is 14.8 Å². The molecule has 0 fully saturated rings. The van der Waals surface area contributed by atoms with E-state index in [1.165, 1.54) is 11.9 Å². The summed E-state index contributed by atoms with van der Waals surface area (Å²) in [7, 11) is 1.58. The second kappa shape index (κ2) is 10.4. The fourth-order valence-corrected chi connectivity index (χ4v) is 5.46. The molecule has 0 atom stereocenters. The number of amides is 3. The molecular formula is C25H23ClN6O3S. The normalized spacial score (nSPS) is 12.7. The minimum atomic E-state index is -0.354. The summed E-state index contributed by atoms with van der Waals surface area (Å²) in [5.41, 5.74) is 3.27. The molecule has 2 aromatic carbocycles. The van der Waals surface area contributed by atoms with Crippen LogP contribution in [0.4, 0.5) is 27.7 Å². The van der Waals surface area contributed by atoms with Gasteiger partial charge in [-0.15, -0.1) is 22.9 Å². The van der Waals surface area contributed by atoms with Crippen molar-refractivity contribution >= 4 is 68.0 Å². The Morgan fingerprint density at radius 3 is 2.64 bits per heavy atom. The van der Waals surface area contributed by atoms with E-state index < -0.39 is 0 Å². The Hall–Kier alpha value is -3.89. The van der Waals surface area contributed by atoms with E-state index in [1.54, 1.807) is 41.5 Å². The Morgan fingerprint density at radius 2 is 1.86 bits per heavy atom. The van der Waals surface area contributed by atoms with Gasteiger partial charge in [0.15, 0.2) is 0 Å². The number of carbonyl (C=O) groups is 2. The smallest absolute Gasteiger partial charge is 0.323 e. The van der Waals surface area contributed by atoms with Gasteiger partial charge in [0.05, 0.1) is 19.0 Å². The highest BCUT2D eigenvalue weighted by Gasteiger charge is 2.26. The molecule has 3 N–H and O–H groups in total. The van der Waals surface area contributed by atoms with Crippen LogP contribution in [-0.2, 0) is 17.8 Å². The lowest BCUT2D eigenvalue weighted by molar-refractivity contribution is -0.129. The van der Waals surface area contributed by atoms with Crippen LogP contribution >= 0.6 is 22.9 Å². The van der Waals surface area contributed by atoms with Gasteiger partial charge in [0.25, 0.3) is 0 Å². The average molecular weight is 523 g/mol. The molecule has 5 rings (SSSR count). The summed E-state index contributed by atoms with van der Waals surface area (Å²) in [5.74, 6) is 1.30. The van der Waals surface area contributed by atoms with Crippen LogP contribution in [0.2, 0.25) is 0 Å². The SMILES string of the molecule is COc1cccc(NC(=O)Nc2ccc(Nc3ncnc4sc5c(c34)CCN(C(=O)CCl)C5)cc2)c1.